The monoisotopic (exact) mass is 427 g/mol. The first-order chi connectivity index (χ1) is 14.5. The second-order valence-electron chi connectivity index (χ2n) is 7.02. The molecule has 1 amide bonds. The third-order valence-electron chi connectivity index (χ3n) is 5.31. The summed E-state index contributed by atoms with van der Waals surface area (Å²) >= 11 is 1.28. The van der Waals surface area contributed by atoms with Crippen molar-refractivity contribution in [2.24, 2.45) is 0 Å². The lowest BCUT2D eigenvalue weighted by molar-refractivity contribution is 0.0915. The van der Waals surface area contributed by atoms with Crippen molar-refractivity contribution in [3.8, 4) is 5.75 Å². The molecule has 2 N–H and O–H groups in total. The number of carbonyl (C=O) groups excluding carboxylic acids is 1. The SMILES string of the molecule is O=C1NCN(C2c3ccc(F)cc3CSc3c(F)cccc32)n2ccc(=O)c(O)c21. The number of aromatic nitrogens is 1. The number of halogens is 2. The topological polar surface area (TPSA) is 74.6 Å². The summed E-state index contributed by atoms with van der Waals surface area (Å²) in [5.41, 5.74) is 1.21. The highest BCUT2D eigenvalue weighted by Gasteiger charge is 2.35. The molecule has 9 heteroatoms. The molecule has 6 nitrogen and oxygen atoms in total. The van der Waals surface area contributed by atoms with E-state index in [2.05, 4.69) is 5.32 Å². The number of rotatable bonds is 1. The maximum Gasteiger partial charge on any atom is 0.275 e. The van der Waals surface area contributed by atoms with Crippen LogP contribution in [-0.4, -0.2) is 22.4 Å². The predicted molar refractivity (Wildman–Crippen MR) is 107 cm³/mol. The van der Waals surface area contributed by atoms with Gasteiger partial charge >= 0.3 is 0 Å². The Hall–Kier alpha value is -3.33. The van der Waals surface area contributed by atoms with Crippen molar-refractivity contribution >= 4 is 17.7 Å². The van der Waals surface area contributed by atoms with Crippen LogP contribution in [0, 0.1) is 11.6 Å². The number of pyridine rings is 1. The first-order valence-electron chi connectivity index (χ1n) is 9.15. The van der Waals surface area contributed by atoms with E-state index in [4.69, 9.17) is 0 Å². The summed E-state index contributed by atoms with van der Waals surface area (Å²) in [6.45, 7) is 0.0379. The molecule has 0 saturated carbocycles. The molecule has 30 heavy (non-hydrogen) atoms. The maximum atomic E-state index is 14.7. The number of hydrogen-bond donors (Lipinski definition) is 2. The number of benzene rings is 2. The van der Waals surface area contributed by atoms with Crippen molar-refractivity contribution in [1.82, 2.24) is 9.99 Å². The standard InChI is InChI=1S/C21H15F2N3O3S/c22-12-4-5-13-11(8-12)9-30-20-14(2-1-3-15(20)23)17(13)26-10-24-21(29)18-19(28)16(27)6-7-25(18)26/h1-8,17,28H,9-10H2,(H,24,29). The van der Waals surface area contributed by atoms with Crippen molar-refractivity contribution in [3.05, 3.63) is 92.9 Å². The third-order valence-corrected chi connectivity index (χ3v) is 6.48. The molecule has 0 spiro atoms. The molecule has 1 aromatic heterocycles. The number of hydrogen-bond acceptors (Lipinski definition) is 5. The van der Waals surface area contributed by atoms with E-state index in [1.54, 1.807) is 23.2 Å². The minimum absolute atomic E-state index is 0.0379. The van der Waals surface area contributed by atoms with E-state index in [-0.39, 0.29) is 18.2 Å². The number of carbonyl (C=O) groups is 1. The van der Waals surface area contributed by atoms with Crippen LogP contribution < -0.4 is 15.8 Å². The Balaban J connectivity index is 1.79. The Bertz CT molecular complexity index is 1260. The summed E-state index contributed by atoms with van der Waals surface area (Å²) in [5.74, 6) is -1.67. The summed E-state index contributed by atoms with van der Waals surface area (Å²) in [4.78, 5) is 24.7. The van der Waals surface area contributed by atoms with Crippen LogP contribution in [0.25, 0.3) is 0 Å². The molecular weight excluding hydrogens is 412 g/mol. The molecule has 1 unspecified atom stereocenters. The molecule has 2 aliphatic heterocycles. The Morgan fingerprint density at radius 3 is 2.77 bits per heavy atom. The molecular formula is C21H15F2N3O3S. The van der Waals surface area contributed by atoms with Gasteiger partial charge in [-0.3, -0.25) is 19.3 Å². The van der Waals surface area contributed by atoms with Crippen LogP contribution in [0.1, 0.15) is 33.2 Å². The first-order valence-corrected chi connectivity index (χ1v) is 10.1. The summed E-state index contributed by atoms with van der Waals surface area (Å²) in [6, 6.07) is 9.73. The van der Waals surface area contributed by atoms with E-state index in [0.717, 1.165) is 11.6 Å². The minimum atomic E-state index is -0.677. The summed E-state index contributed by atoms with van der Waals surface area (Å²) in [5, 5.41) is 14.6. The highest BCUT2D eigenvalue weighted by atomic mass is 32.2. The molecule has 2 aliphatic rings. The summed E-state index contributed by atoms with van der Waals surface area (Å²) in [6.07, 6.45) is 1.40. The van der Waals surface area contributed by atoms with Gasteiger partial charge in [0.05, 0.1) is 6.04 Å². The molecule has 5 rings (SSSR count). The lowest BCUT2D eigenvalue weighted by atomic mass is 9.94. The van der Waals surface area contributed by atoms with Gasteiger partial charge in [0.15, 0.2) is 11.4 Å². The van der Waals surface area contributed by atoms with Gasteiger partial charge in [-0.15, -0.1) is 11.8 Å². The molecule has 0 saturated heterocycles. The van der Waals surface area contributed by atoms with Gasteiger partial charge in [-0.05, 0) is 34.9 Å². The number of thioether (sulfide) groups is 1. The van der Waals surface area contributed by atoms with Crippen LogP contribution in [0.3, 0.4) is 0 Å². The fraction of sp³-hybridized carbons (Fsp3) is 0.143. The fourth-order valence-corrected chi connectivity index (χ4v) is 5.07. The van der Waals surface area contributed by atoms with E-state index >= 15 is 0 Å². The summed E-state index contributed by atoms with van der Waals surface area (Å²) < 4.78 is 30.1. The van der Waals surface area contributed by atoms with Gasteiger partial charge in [0, 0.05) is 22.9 Å². The second kappa shape index (κ2) is 6.88. The molecule has 2 aromatic carbocycles. The Morgan fingerprint density at radius 2 is 1.93 bits per heavy atom. The zero-order valence-electron chi connectivity index (χ0n) is 15.4. The average Bonchev–Trinajstić information content (AvgIpc) is 2.88. The van der Waals surface area contributed by atoms with Gasteiger partial charge in [0.1, 0.15) is 18.3 Å². The van der Waals surface area contributed by atoms with Crippen molar-refractivity contribution < 1.29 is 18.7 Å². The quantitative estimate of drug-likeness (QED) is 0.625. The lowest BCUT2D eigenvalue weighted by Gasteiger charge is -2.40. The molecule has 0 radical (unpaired) electrons. The van der Waals surface area contributed by atoms with Gasteiger partial charge in [0.25, 0.3) is 5.91 Å². The van der Waals surface area contributed by atoms with E-state index < -0.39 is 28.9 Å². The second-order valence-corrected chi connectivity index (χ2v) is 8.00. The molecule has 0 fully saturated rings. The van der Waals surface area contributed by atoms with Gasteiger partial charge in [-0.2, -0.15) is 0 Å². The van der Waals surface area contributed by atoms with Crippen LogP contribution in [0.2, 0.25) is 0 Å². The molecule has 3 aromatic rings. The highest BCUT2D eigenvalue weighted by Crippen LogP contribution is 2.43. The van der Waals surface area contributed by atoms with Gasteiger partial charge < -0.3 is 10.4 Å². The smallest absolute Gasteiger partial charge is 0.275 e. The van der Waals surface area contributed by atoms with Crippen LogP contribution in [-0.2, 0) is 5.75 Å². The van der Waals surface area contributed by atoms with E-state index in [9.17, 15) is 23.5 Å². The average molecular weight is 427 g/mol. The van der Waals surface area contributed by atoms with Crippen molar-refractivity contribution in [2.75, 3.05) is 11.7 Å². The van der Waals surface area contributed by atoms with Crippen LogP contribution in [0.5, 0.6) is 5.75 Å². The first kappa shape index (κ1) is 18.7. The number of amides is 1. The highest BCUT2D eigenvalue weighted by molar-refractivity contribution is 7.98. The fourth-order valence-electron chi connectivity index (χ4n) is 3.97. The van der Waals surface area contributed by atoms with Crippen LogP contribution in [0.4, 0.5) is 8.78 Å². The van der Waals surface area contributed by atoms with Gasteiger partial charge in [0.2, 0.25) is 5.43 Å². The zero-order valence-corrected chi connectivity index (χ0v) is 16.2. The molecule has 152 valence electrons. The van der Waals surface area contributed by atoms with Gasteiger partial charge in [-0.1, -0.05) is 18.2 Å². The normalized spacial score (nSPS) is 17.5. The summed E-state index contributed by atoms with van der Waals surface area (Å²) in [7, 11) is 0. The molecule has 0 aliphatic carbocycles. The molecule has 0 bridgehead atoms. The van der Waals surface area contributed by atoms with E-state index in [1.165, 1.54) is 40.8 Å². The van der Waals surface area contributed by atoms with E-state index in [0.29, 0.717) is 21.8 Å². The van der Waals surface area contributed by atoms with Crippen LogP contribution >= 0.6 is 11.8 Å². The third kappa shape index (κ3) is 2.77. The number of fused-ring (bicyclic) bond motifs is 3. The van der Waals surface area contributed by atoms with Crippen molar-refractivity contribution in [3.63, 3.8) is 0 Å². The zero-order chi connectivity index (χ0) is 21.0. The Labute approximate surface area is 173 Å². The van der Waals surface area contributed by atoms with Crippen LogP contribution in [0.15, 0.2) is 58.4 Å². The van der Waals surface area contributed by atoms with Gasteiger partial charge in [-0.25, -0.2) is 8.78 Å². The van der Waals surface area contributed by atoms with E-state index in [1.807, 2.05) is 0 Å². The maximum absolute atomic E-state index is 14.7. The number of aromatic hydroxyl groups is 1. The number of nitrogens with one attached hydrogen (secondary N) is 1. The minimum Gasteiger partial charge on any atom is -0.502 e. The number of nitrogens with zero attached hydrogens (tertiary/aromatic N) is 2. The molecule has 3 heterocycles. The predicted octanol–water partition coefficient (Wildman–Crippen LogP) is 2.87. The van der Waals surface area contributed by atoms with Crippen molar-refractivity contribution in [1.29, 1.82) is 0 Å². The molecule has 1 atom stereocenters. The Kier molecular flexibility index (Phi) is 4.28. The van der Waals surface area contributed by atoms with Crippen molar-refractivity contribution in [2.45, 2.75) is 16.7 Å². The lowest BCUT2D eigenvalue weighted by Crippen LogP contribution is -2.53. The largest absolute Gasteiger partial charge is 0.502 e. The Morgan fingerprint density at radius 1 is 1.10 bits per heavy atom.